The second-order valence-electron chi connectivity index (χ2n) is 6.45. The van der Waals surface area contributed by atoms with Crippen molar-refractivity contribution in [1.29, 1.82) is 0 Å². The molecular formula is C18H26N4O4. The van der Waals surface area contributed by atoms with E-state index in [1.165, 1.54) is 0 Å². The fraction of sp³-hybridized carbons (Fsp3) is 0.500. The van der Waals surface area contributed by atoms with Crippen molar-refractivity contribution in [3.8, 4) is 0 Å². The Morgan fingerprint density at radius 3 is 2.77 bits per heavy atom. The van der Waals surface area contributed by atoms with Crippen LogP contribution in [0.25, 0.3) is 11.1 Å². The van der Waals surface area contributed by atoms with Crippen LogP contribution in [0.2, 0.25) is 0 Å². The van der Waals surface area contributed by atoms with Crippen LogP contribution in [0.3, 0.4) is 0 Å². The highest BCUT2D eigenvalue weighted by atomic mass is 16.5. The number of nitrogens with one attached hydrogen (secondary N) is 2. The van der Waals surface area contributed by atoms with E-state index < -0.39 is 11.8 Å². The van der Waals surface area contributed by atoms with Gasteiger partial charge in [0.1, 0.15) is 5.52 Å². The number of unbranched alkanes of at least 4 members (excludes halogenated alkanes) is 1. The Labute approximate surface area is 152 Å². The molecule has 1 heterocycles. The molecule has 1 atom stereocenters. The molecule has 0 spiro atoms. The van der Waals surface area contributed by atoms with E-state index in [-0.39, 0.29) is 18.9 Å². The topological polar surface area (TPSA) is 108 Å². The van der Waals surface area contributed by atoms with Crippen molar-refractivity contribution < 1.29 is 19.2 Å². The van der Waals surface area contributed by atoms with E-state index in [2.05, 4.69) is 10.3 Å². The van der Waals surface area contributed by atoms with Crippen LogP contribution in [-0.2, 0) is 16.1 Å². The summed E-state index contributed by atoms with van der Waals surface area (Å²) in [6, 6.07) is 5.71. The van der Waals surface area contributed by atoms with Crippen molar-refractivity contribution in [2.75, 3.05) is 19.0 Å². The fourth-order valence-corrected chi connectivity index (χ4v) is 2.67. The number of anilines is 1. The summed E-state index contributed by atoms with van der Waals surface area (Å²) in [5.74, 6) is -0.908. The number of hydrogen-bond donors (Lipinski definition) is 3. The predicted octanol–water partition coefficient (Wildman–Crippen LogP) is 2.21. The zero-order valence-corrected chi connectivity index (χ0v) is 15.4. The van der Waals surface area contributed by atoms with Crippen LogP contribution in [0, 0.1) is 5.92 Å². The normalized spacial score (nSPS) is 12.0. The summed E-state index contributed by atoms with van der Waals surface area (Å²) in [6.07, 6.45) is 2.27. The minimum atomic E-state index is -0.570. The van der Waals surface area contributed by atoms with Crippen LogP contribution in [0.1, 0.15) is 38.5 Å². The maximum atomic E-state index is 12.4. The Morgan fingerprint density at radius 1 is 1.35 bits per heavy atom. The molecule has 2 amide bonds. The lowest BCUT2D eigenvalue weighted by atomic mass is 9.97. The number of hydrogen-bond acceptors (Lipinski definition) is 6. The first-order valence-corrected chi connectivity index (χ1v) is 8.72. The number of rotatable bonds is 9. The van der Waals surface area contributed by atoms with Crippen LogP contribution >= 0.6 is 0 Å². The Morgan fingerprint density at radius 2 is 2.12 bits per heavy atom. The van der Waals surface area contributed by atoms with Crippen LogP contribution in [0.4, 0.5) is 5.69 Å². The molecule has 0 saturated carbocycles. The molecule has 3 N–H and O–H groups in total. The molecule has 0 bridgehead atoms. The van der Waals surface area contributed by atoms with Gasteiger partial charge in [0, 0.05) is 38.2 Å². The van der Waals surface area contributed by atoms with E-state index in [9.17, 15) is 9.59 Å². The van der Waals surface area contributed by atoms with Gasteiger partial charge in [0.05, 0.1) is 6.54 Å². The number of carbonyl (C=O) groups excluding carboxylic acids is 2. The second-order valence-corrected chi connectivity index (χ2v) is 6.45. The Kier molecular flexibility index (Phi) is 6.97. The maximum absolute atomic E-state index is 12.4. The summed E-state index contributed by atoms with van der Waals surface area (Å²) in [6.45, 7) is 2.16. The van der Waals surface area contributed by atoms with Crippen molar-refractivity contribution in [1.82, 2.24) is 15.8 Å². The maximum Gasteiger partial charge on any atom is 0.244 e. The van der Waals surface area contributed by atoms with Gasteiger partial charge in [0.2, 0.25) is 17.7 Å². The van der Waals surface area contributed by atoms with Gasteiger partial charge in [-0.1, -0.05) is 19.8 Å². The quantitative estimate of drug-likeness (QED) is 0.466. The SMILES string of the molecule is CCCC[C@H](CC(=O)NO)C(=O)NCc1nc2ccc(N(C)C)cc2o1. The van der Waals surface area contributed by atoms with Gasteiger partial charge in [-0.2, -0.15) is 0 Å². The molecule has 0 saturated heterocycles. The number of benzene rings is 1. The van der Waals surface area contributed by atoms with Gasteiger partial charge in [0.15, 0.2) is 5.58 Å². The zero-order chi connectivity index (χ0) is 19.1. The van der Waals surface area contributed by atoms with Gasteiger partial charge in [-0.15, -0.1) is 0 Å². The van der Waals surface area contributed by atoms with E-state index in [1.807, 2.05) is 44.1 Å². The lowest BCUT2D eigenvalue weighted by Gasteiger charge is -2.14. The molecule has 0 aliphatic rings. The highest BCUT2D eigenvalue weighted by Crippen LogP contribution is 2.22. The van der Waals surface area contributed by atoms with Gasteiger partial charge in [-0.3, -0.25) is 14.8 Å². The zero-order valence-electron chi connectivity index (χ0n) is 15.4. The van der Waals surface area contributed by atoms with E-state index in [0.29, 0.717) is 17.9 Å². The molecule has 1 aromatic carbocycles. The Balaban J connectivity index is 2.01. The smallest absolute Gasteiger partial charge is 0.244 e. The van der Waals surface area contributed by atoms with Crippen LogP contribution < -0.4 is 15.7 Å². The lowest BCUT2D eigenvalue weighted by Crippen LogP contribution is -2.34. The first-order valence-electron chi connectivity index (χ1n) is 8.72. The highest BCUT2D eigenvalue weighted by molar-refractivity contribution is 5.85. The third-order valence-electron chi connectivity index (χ3n) is 4.18. The largest absolute Gasteiger partial charge is 0.439 e. The van der Waals surface area contributed by atoms with Gasteiger partial charge in [0.25, 0.3) is 0 Å². The number of fused-ring (bicyclic) bond motifs is 1. The third kappa shape index (κ3) is 5.19. The molecule has 142 valence electrons. The number of nitrogens with zero attached hydrogens (tertiary/aromatic N) is 2. The van der Waals surface area contributed by atoms with Crippen molar-refractivity contribution in [3.05, 3.63) is 24.1 Å². The summed E-state index contributed by atoms with van der Waals surface area (Å²) < 4.78 is 5.70. The molecule has 26 heavy (non-hydrogen) atoms. The molecular weight excluding hydrogens is 336 g/mol. The number of aromatic nitrogens is 1. The third-order valence-corrected chi connectivity index (χ3v) is 4.18. The summed E-state index contributed by atoms with van der Waals surface area (Å²) in [5.41, 5.74) is 3.96. The molecule has 2 rings (SSSR count). The summed E-state index contributed by atoms with van der Waals surface area (Å²) in [7, 11) is 3.88. The van der Waals surface area contributed by atoms with Crippen molar-refractivity contribution in [2.24, 2.45) is 5.92 Å². The molecule has 0 unspecified atom stereocenters. The van der Waals surface area contributed by atoms with Gasteiger partial charge in [-0.25, -0.2) is 10.5 Å². The Bertz CT molecular complexity index is 757. The summed E-state index contributed by atoms with van der Waals surface area (Å²) in [5, 5.41) is 11.4. The molecule has 0 fully saturated rings. The van der Waals surface area contributed by atoms with E-state index in [0.717, 1.165) is 24.0 Å². The molecule has 2 aromatic rings. The van der Waals surface area contributed by atoms with Gasteiger partial charge in [-0.05, 0) is 18.6 Å². The molecule has 1 aromatic heterocycles. The van der Waals surface area contributed by atoms with Crippen LogP contribution in [0.5, 0.6) is 0 Å². The van der Waals surface area contributed by atoms with E-state index in [4.69, 9.17) is 9.62 Å². The average molecular weight is 362 g/mol. The Hall–Kier alpha value is -2.61. The summed E-state index contributed by atoms with van der Waals surface area (Å²) in [4.78, 5) is 30.1. The monoisotopic (exact) mass is 362 g/mol. The standard InChI is InChI=1S/C18H26N4O4/c1-4-5-6-12(9-16(23)21-25)18(24)19-11-17-20-14-8-7-13(22(2)3)10-15(14)26-17/h7-8,10,12,25H,4-6,9,11H2,1-3H3,(H,19,24)(H,21,23)/t12-/m1/s1. The molecule has 8 heteroatoms. The summed E-state index contributed by atoms with van der Waals surface area (Å²) >= 11 is 0. The van der Waals surface area contributed by atoms with Crippen molar-refractivity contribution in [3.63, 3.8) is 0 Å². The average Bonchev–Trinajstić information content (AvgIpc) is 3.04. The van der Waals surface area contributed by atoms with Crippen molar-refractivity contribution >= 4 is 28.6 Å². The van der Waals surface area contributed by atoms with Gasteiger partial charge >= 0.3 is 0 Å². The van der Waals surface area contributed by atoms with Crippen molar-refractivity contribution in [2.45, 2.75) is 39.2 Å². The minimum Gasteiger partial charge on any atom is -0.439 e. The first kappa shape index (κ1) is 19.7. The fourth-order valence-electron chi connectivity index (χ4n) is 2.67. The van der Waals surface area contributed by atoms with E-state index in [1.54, 1.807) is 5.48 Å². The number of hydroxylamine groups is 1. The molecule has 0 aliphatic carbocycles. The lowest BCUT2D eigenvalue weighted by molar-refractivity contribution is -0.135. The highest BCUT2D eigenvalue weighted by Gasteiger charge is 2.21. The number of amides is 2. The minimum absolute atomic E-state index is 0.0535. The second kappa shape index (κ2) is 9.19. The van der Waals surface area contributed by atoms with E-state index >= 15 is 0 Å². The van der Waals surface area contributed by atoms with Crippen LogP contribution in [-0.4, -0.2) is 36.1 Å². The molecule has 0 aliphatic heterocycles. The number of carbonyl (C=O) groups is 2. The predicted molar refractivity (Wildman–Crippen MR) is 97.7 cm³/mol. The first-order chi connectivity index (χ1) is 12.4. The van der Waals surface area contributed by atoms with Crippen LogP contribution in [0.15, 0.2) is 22.6 Å². The number of oxazole rings is 1. The van der Waals surface area contributed by atoms with Gasteiger partial charge < -0.3 is 14.6 Å². The molecule has 0 radical (unpaired) electrons. The molecule has 8 nitrogen and oxygen atoms in total.